The first-order valence-electron chi connectivity index (χ1n) is 9.70. The lowest BCUT2D eigenvalue weighted by atomic mass is 9.88. The minimum atomic E-state index is 0. The van der Waals surface area contributed by atoms with Gasteiger partial charge in [0.2, 0.25) is 0 Å². The molecule has 5 heteroatoms. The largest absolute Gasteiger partial charge is 0.496 e. The lowest BCUT2D eigenvalue weighted by Crippen LogP contribution is -2.34. The minimum Gasteiger partial charge on any atom is -0.496 e. The molecule has 2 aliphatic heterocycles. The highest BCUT2D eigenvalue weighted by Gasteiger charge is 2.47. The summed E-state index contributed by atoms with van der Waals surface area (Å²) in [4.78, 5) is 17.7. The third-order valence-corrected chi connectivity index (χ3v) is 6.42. The molecule has 28 heavy (non-hydrogen) atoms. The van der Waals surface area contributed by atoms with Gasteiger partial charge in [-0.3, -0.25) is 9.69 Å². The van der Waals surface area contributed by atoms with E-state index in [1.54, 1.807) is 7.11 Å². The standard InChI is InChI=1S/C23H28N2O2.ClH/c1-15-8-5-6-9-18(15)22-20-14-25(13-17(20)12-24(22)3)23(26)19-10-7-11-21(27-4)16(19)2;/h5-11,17,20,22H,12-14H2,1-4H3;1H/t17-,20+,22+;/m0./s1. The zero-order valence-corrected chi connectivity index (χ0v) is 17.8. The van der Waals surface area contributed by atoms with Gasteiger partial charge in [-0.25, -0.2) is 0 Å². The number of likely N-dealkylation sites (tertiary alicyclic amines) is 2. The molecule has 0 aromatic heterocycles. The summed E-state index contributed by atoms with van der Waals surface area (Å²) in [5, 5.41) is 0. The number of hydrogen-bond acceptors (Lipinski definition) is 3. The van der Waals surface area contributed by atoms with Crippen molar-refractivity contribution in [2.45, 2.75) is 19.9 Å². The van der Waals surface area contributed by atoms with Crippen molar-refractivity contribution < 1.29 is 9.53 Å². The summed E-state index contributed by atoms with van der Waals surface area (Å²) in [6.07, 6.45) is 0. The highest BCUT2D eigenvalue weighted by atomic mass is 35.5. The molecule has 4 nitrogen and oxygen atoms in total. The van der Waals surface area contributed by atoms with E-state index < -0.39 is 0 Å². The van der Waals surface area contributed by atoms with Gasteiger partial charge < -0.3 is 9.64 Å². The predicted octanol–water partition coefficient (Wildman–Crippen LogP) is 4.11. The van der Waals surface area contributed by atoms with E-state index in [9.17, 15) is 4.79 Å². The molecule has 0 aliphatic carbocycles. The third kappa shape index (κ3) is 3.40. The zero-order valence-electron chi connectivity index (χ0n) is 17.0. The van der Waals surface area contributed by atoms with Crippen LogP contribution in [0.2, 0.25) is 0 Å². The fraction of sp³-hybridized carbons (Fsp3) is 0.435. The van der Waals surface area contributed by atoms with E-state index in [0.717, 1.165) is 36.5 Å². The Morgan fingerprint density at radius 3 is 2.50 bits per heavy atom. The Labute approximate surface area is 173 Å². The Bertz CT molecular complexity index is 869. The number of aryl methyl sites for hydroxylation is 1. The predicted molar refractivity (Wildman–Crippen MR) is 114 cm³/mol. The number of benzene rings is 2. The molecule has 3 atom stereocenters. The van der Waals surface area contributed by atoms with Crippen LogP contribution in [-0.4, -0.2) is 49.5 Å². The van der Waals surface area contributed by atoms with E-state index in [2.05, 4.69) is 48.0 Å². The number of halogens is 1. The van der Waals surface area contributed by atoms with Crippen molar-refractivity contribution in [1.82, 2.24) is 9.80 Å². The Morgan fingerprint density at radius 1 is 1.04 bits per heavy atom. The van der Waals surface area contributed by atoms with Crippen molar-refractivity contribution in [3.05, 3.63) is 64.7 Å². The molecule has 4 rings (SSSR count). The molecule has 0 unspecified atom stereocenters. The van der Waals surface area contributed by atoms with E-state index in [-0.39, 0.29) is 18.3 Å². The number of amides is 1. The van der Waals surface area contributed by atoms with Gasteiger partial charge in [-0.15, -0.1) is 12.4 Å². The van der Waals surface area contributed by atoms with Gasteiger partial charge in [-0.05, 0) is 50.1 Å². The second-order valence-corrected chi connectivity index (χ2v) is 8.01. The first-order chi connectivity index (χ1) is 13.0. The number of ether oxygens (including phenoxy) is 1. The van der Waals surface area contributed by atoms with E-state index in [1.165, 1.54) is 11.1 Å². The summed E-state index contributed by atoms with van der Waals surface area (Å²) >= 11 is 0. The Kier molecular flexibility index (Phi) is 6.01. The molecular weight excluding hydrogens is 372 g/mol. The topological polar surface area (TPSA) is 32.8 Å². The van der Waals surface area contributed by atoms with Crippen LogP contribution in [0, 0.1) is 25.7 Å². The maximum atomic E-state index is 13.2. The summed E-state index contributed by atoms with van der Waals surface area (Å²) in [6, 6.07) is 14.8. The summed E-state index contributed by atoms with van der Waals surface area (Å²) in [5.74, 6) is 1.94. The number of methoxy groups -OCH3 is 1. The van der Waals surface area contributed by atoms with Crippen molar-refractivity contribution in [3.8, 4) is 5.75 Å². The number of fused-ring (bicyclic) bond motifs is 1. The van der Waals surface area contributed by atoms with E-state index in [1.807, 2.05) is 25.1 Å². The van der Waals surface area contributed by atoms with Gasteiger partial charge in [-0.2, -0.15) is 0 Å². The summed E-state index contributed by atoms with van der Waals surface area (Å²) in [5.41, 5.74) is 4.42. The molecule has 2 aromatic carbocycles. The van der Waals surface area contributed by atoms with Crippen molar-refractivity contribution in [3.63, 3.8) is 0 Å². The van der Waals surface area contributed by atoms with Crippen LogP contribution in [-0.2, 0) is 0 Å². The molecule has 2 heterocycles. The average Bonchev–Trinajstić information content (AvgIpc) is 3.19. The van der Waals surface area contributed by atoms with Gasteiger partial charge in [0.15, 0.2) is 0 Å². The quantitative estimate of drug-likeness (QED) is 0.777. The number of rotatable bonds is 3. The van der Waals surface area contributed by atoms with Gasteiger partial charge in [0.1, 0.15) is 5.75 Å². The SMILES string of the molecule is COc1cccc(C(=O)N2C[C@@H]3CN(C)[C@H](c4ccccc4C)[C@@H]3C2)c1C.Cl. The second-order valence-electron chi connectivity index (χ2n) is 8.01. The van der Waals surface area contributed by atoms with Crippen LogP contribution in [0.15, 0.2) is 42.5 Å². The maximum Gasteiger partial charge on any atom is 0.254 e. The zero-order chi connectivity index (χ0) is 19.1. The molecule has 0 saturated carbocycles. The molecular formula is C23H29ClN2O2. The fourth-order valence-corrected chi connectivity index (χ4v) is 5.05. The van der Waals surface area contributed by atoms with Gasteiger partial charge in [0.05, 0.1) is 7.11 Å². The van der Waals surface area contributed by atoms with Crippen molar-refractivity contribution >= 4 is 18.3 Å². The van der Waals surface area contributed by atoms with Crippen LogP contribution >= 0.6 is 12.4 Å². The minimum absolute atomic E-state index is 0. The molecule has 150 valence electrons. The second kappa shape index (κ2) is 8.14. The number of nitrogens with zero attached hydrogens (tertiary/aromatic N) is 2. The molecule has 0 radical (unpaired) electrons. The van der Waals surface area contributed by atoms with Gasteiger partial charge in [0.25, 0.3) is 5.91 Å². The van der Waals surface area contributed by atoms with Crippen LogP contribution in [0.25, 0.3) is 0 Å². The first-order valence-corrected chi connectivity index (χ1v) is 9.70. The van der Waals surface area contributed by atoms with Crippen molar-refractivity contribution in [2.24, 2.45) is 11.8 Å². The number of carbonyl (C=O) groups excluding carboxylic acids is 1. The van der Waals surface area contributed by atoms with Crippen LogP contribution in [0.4, 0.5) is 0 Å². The van der Waals surface area contributed by atoms with E-state index in [4.69, 9.17) is 4.74 Å². The van der Waals surface area contributed by atoms with Gasteiger partial charge in [0, 0.05) is 42.7 Å². The summed E-state index contributed by atoms with van der Waals surface area (Å²) in [6.45, 7) is 6.86. The van der Waals surface area contributed by atoms with Gasteiger partial charge in [-0.1, -0.05) is 30.3 Å². The monoisotopic (exact) mass is 400 g/mol. The molecule has 2 saturated heterocycles. The highest BCUT2D eigenvalue weighted by molar-refractivity contribution is 5.96. The van der Waals surface area contributed by atoms with Crippen molar-refractivity contribution in [1.29, 1.82) is 0 Å². The molecule has 2 fully saturated rings. The van der Waals surface area contributed by atoms with Crippen LogP contribution < -0.4 is 4.74 Å². The maximum absolute atomic E-state index is 13.2. The van der Waals surface area contributed by atoms with Crippen LogP contribution in [0.1, 0.15) is 33.1 Å². The van der Waals surface area contributed by atoms with Crippen molar-refractivity contribution in [2.75, 3.05) is 33.8 Å². The Morgan fingerprint density at radius 2 is 1.79 bits per heavy atom. The molecule has 0 N–H and O–H groups in total. The molecule has 0 spiro atoms. The first kappa shape index (κ1) is 20.7. The van der Waals surface area contributed by atoms with E-state index in [0.29, 0.717) is 17.9 Å². The third-order valence-electron chi connectivity index (χ3n) is 6.42. The highest BCUT2D eigenvalue weighted by Crippen LogP contribution is 2.45. The fourth-order valence-electron chi connectivity index (χ4n) is 5.05. The Hall–Kier alpha value is -2.04. The van der Waals surface area contributed by atoms with E-state index >= 15 is 0 Å². The smallest absolute Gasteiger partial charge is 0.254 e. The average molecular weight is 401 g/mol. The molecule has 2 aliphatic rings. The molecule has 2 aromatic rings. The lowest BCUT2D eigenvalue weighted by molar-refractivity contribution is 0.0766. The number of carbonyl (C=O) groups is 1. The Balaban J connectivity index is 0.00000225. The number of hydrogen-bond donors (Lipinski definition) is 0. The summed E-state index contributed by atoms with van der Waals surface area (Å²) in [7, 11) is 3.87. The molecule has 1 amide bonds. The summed E-state index contributed by atoms with van der Waals surface area (Å²) < 4.78 is 5.40. The normalized spacial score (nSPS) is 24.0. The van der Waals surface area contributed by atoms with Gasteiger partial charge >= 0.3 is 0 Å². The van der Waals surface area contributed by atoms with Crippen LogP contribution in [0.3, 0.4) is 0 Å². The lowest BCUT2D eigenvalue weighted by Gasteiger charge is -2.28. The molecule has 0 bridgehead atoms. The van der Waals surface area contributed by atoms with Crippen LogP contribution in [0.5, 0.6) is 5.75 Å².